The Morgan fingerprint density at radius 2 is 1.60 bits per heavy atom. The normalized spacial score (nSPS) is 18.3. The van der Waals surface area contributed by atoms with E-state index in [1.807, 2.05) is 12.1 Å². The minimum absolute atomic E-state index is 0.0286. The second-order valence-electron chi connectivity index (χ2n) is 9.06. The number of amides is 1. The molecule has 3 nitrogen and oxygen atoms in total. The van der Waals surface area contributed by atoms with Crippen molar-refractivity contribution < 1.29 is 4.79 Å². The van der Waals surface area contributed by atoms with Crippen LogP contribution in [0.25, 0.3) is 0 Å². The molecule has 1 amide bonds. The smallest absolute Gasteiger partial charge is 0.251 e. The van der Waals surface area contributed by atoms with Gasteiger partial charge in [-0.25, -0.2) is 0 Å². The molecule has 4 rings (SSSR count). The minimum Gasteiger partial charge on any atom is -0.345 e. The molecule has 1 aliphatic heterocycles. The van der Waals surface area contributed by atoms with Crippen LogP contribution in [0.1, 0.15) is 90.5 Å². The zero-order valence-electron chi connectivity index (χ0n) is 18.5. The Labute approximate surface area is 181 Å². The largest absolute Gasteiger partial charge is 0.345 e. The van der Waals surface area contributed by atoms with Crippen molar-refractivity contribution in [3.8, 4) is 0 Å². The summed E-state index contributed by atoms with van der Waals surface area (Å²) in [5, 5.41) is 3.27. The third kappa shape index (κ3) is 5.31. The molecule has 30 heavy (non-hydrogen) atoms. The average molecular weight is 405 g/mol. The van der Waals surface area contributed by atoms with Gasteiger partial charge in [0.2, 0.25) is 0 Å². The number of carbonyl (C=O) groups excluding carboxylic acids is 1. The van der Waals surface area contributed by atoms with Gasteiger partial charge in [0.1, 0.15) is 0 Å². The monoisotopic (exact) mass is 404 g/mol. The number of nitrogens with one attached hydrogen (secondary N) is 1. The van der Waals surface area contributed by atoms with Crippen molar-refractivity contribution in [2.24, 2.45) is 0 Å². The molecule has 1 fully saturated rings. The highest BCUT2D eigenvalue weighted by Gasteiger charge is 2.17. The van der Waals surface area contributed by atoms with Crippen LogP contribution in [0.3, 0.4) is 0 Å². The summed E-state index contributed by atoms with van der Waals surface area (Å²) in [5.74, 6) is 0.0286. The lowest BCUT2D eigenvalue weighted by molar-refractivity contribution is 0.0935. The van der Waals surface area contributed by atoms with E-state index in [0.29, 0.717) is 0 Å². The van der Waals surface area contributed by atoms with Gasteiger partial charge in [0, 0.05) is 12.1 Å². The third-order valence-corrected chi connectivity index (χ3v) is 6.81. The summed E-state index contributed by atoms with van der Waals surface area (Å²) in [4.78, 5) is 15.4. The Morgan fingerprint density at radius 3 is 2.30 bits per heavy atom. The Balaban J connectivity index is 1.38. The third-order valence-electron chi connectivity index (χ3n) is 6.81. The number of likely N-dealkylation sites (tertiary alicyclic amines) is 1. The first-order valence-electron chi connectivity index (χ1n) is 12.0. The van der Waals surface area contributed by atoms with E-state index in [-0.39, 0.29) is 11.9 Å². The van der Waals surface area contributed by atoms with Crippen LogP contribution in [0, 0.1) is 0 Å². The fourth-order valence-corrected chi connectivity index (χ4v) is 4.95. The quantitative estimate of drug-likeness (QED) is 0.658. The van der Waals surface area contributed by atoms with E-state index < -0.39 is 0 Å². The van der Waals surface area contributed by atoms with Crippen LogP contribution in [0.5, 0.6) is 0 Å². The molecule has 3 heteroatoms. The maximum Gasteiger partial charge on any atom is 0.251 e. The van der Waals surface area contributed by atoms with Gasteiger partial charge in [-0.2, -0.15) is 0 Å². The summed E-state index contributed by atoms with van der Waals surface area (Å²) in [5.41, 5.74) is 6.26. The Morgan fingerprint density at radius 1 is 0.900 bits per heavy atom. The molecule has 1 aliphatic carbocycles. The molecule has 1 unspecified atom stereocenters. The number of nitrogens with zero attached hydrogens (tertiary/aromatic N) is 1. The molecule has 1 N–H and O–H groups in total. The molecule has 1 atom stereocenters. The van der Waals surface area contributed by atoms with Gasteiger partial charge < -0.3 is 5.32 Å². The lowest BCUT2D eigenvalue weighted by Gasteiger charge is -2.22. The van der Waals surface area contributed by atoms with Gasteiger partial charge in [0.15, 0.2) is 0 Å². The number of hydrogen-bond acceptors (Lipinski definition) is 2. The Kier molecular flexibility index (Phi) is 7.22. The Bertz CT molecular complexity index is 834. The number of rotatable bonds is 6. The van der Waals surface area contributed by atoms with Gasteiger partial charge >= 0.3 is 0 Å². The number of carbonyl (C=O) groups is 1. The fraction of sp³-hybridized carbons (Fsp3) is 0.519. The summed E-state index contributed by atoms with van der Waals surface area (Å²) in [6, 6.07) is 15.1. The second kappa shape index (κ2) is 10.3. The van der Waals surface area contributed by atoms with Gasteiger partial charge in [-0.05, 0) is 92.4 Å². The zero-order valence-corrected chi connectivity index (χ0v) is 18.5. The zero-order chi connectivity index (χ0) is 20.8. The summed E-state index contributed by atoms with van der Waals surface area (Å²) >= 11 is 0. The van der Waals surface area contributed by atoms with Gasteiger partial charge in [0.25, 0.3) is 5.91 Å². The fourth-order valence-electron chi connectivity index (χ4n) is 4.95. The van der Waals surface area contributed by atoms with Crippen LogP contribution in [0.2, 0.25) is 0 Å². The topological polar surface area (TPSA) is 32.3 Å². The lowest BCUT2D eigenvalue weighted by atomic mass is 9.88. The molecule has 1 saturated heterocycles. The summed E-state index contributed by atoms with van der Waals surface area (Å²) in [6.07, 6.45) is 11.2. The van der Waals surface area contributed by atoms with Crippen molar-refractivity contribution in [1.29, 1.82) is 0 Å². The van der Waals surface area contributed by atoms with E-state index in [2.05, 4.69) is 47.5 Å². The van der Waals surface area contributed by atoms with Crippen LogP contribution in [-0.4, -0.2) is 23.9 Å². The molecular weight excluding hydrogens is 368 g/mol. The minimum atomic E-state index is 0.0286. The van der Waals surface area contributed by atoms with Gasteiger partial charge in [-0.1, -0.05) is 50.1 Å². The van der Waals surface area contributed by atoms with E-state index >= 15 is 0 Å². The maximum absolute atomic E-state index is 12.9. The van der Waals surface area contributed by atoms with Crippen LogP contribution < -0.4 is 5.32 Å². The van der Waals surface area contributed by atoms with Crippen LogP contribution >= 0.6 is 0 Å². The van der Waals surface area contributed by atoms with E-state index in [4.69, 9.17) is 0 Å². The predicted octanol–water partition coefficient (Wildman–Crippen LogP) is 5.82. The van der Waals surface area contributed by atoms with Gasteiger partial charge in [-0.15, -0.1) is 0 Å². The average Bonchev–Trinajstić information content (AvgIpc) is 3.06. The predicted molar refractivity (Wildman–Crippen MR) is 124 cm³/mol. The summed E-state index contributed by atoms with van der Waals surface area (Å²) in [6.45, 7) is 5.53. The van der Waals surface area contributed by atoms with E-state index in [9.17, 15) is 4.79 Å². The molecule has 160 valence electrons. The van der Waals surface area contributed by atoms with Crippen molar-refractivity contribution in [2.75, 3.05) is 13.1 Å². The summed E-state index contributed by atoms with van der Waals surface area (Å²) < 4.78 is 0. The van der Waals surface area contributed by atoms with Crippen LogP contribution in [-0.2, 0) is 19.4 Å². The molecule has 0 saturated carbocycles. The van der Waals surface area contributed by atoms with Gasteiger partial charge in [-0.3, -0.25) is 9.69 Å². The molecule has 2 aromatic carbocycles. The highest BCUT2D eigenvalue weighted by atomic mass is 16.1. The first kappa shape index (κ1) is 21.1. The molecule has 0 aromatic heterocycles. The molecule has 0 bridgehead atoms. The first-order valence-corrected chi connectivity index (χ1v) is 12.0. The maximum atomic E-state index is 12.9. The molecule has 2 aliphatic rings. The molecule has 2 aromatic rings. The molecule has 0 spiro atoms. The van der Waals surface area contributed by atoms with Crippen molar-refractivity contribution in [2.45, 2.75) is 77.3 Å². The standard InChI is InChI=1S/C27H36N2O/c1-2-26(25-16-15-22-9-5-6-10-24(22)19-25)28-27(30)23-13-11-21(12-14-23)20-29-17-7-3-4-8-18-29/h11-16,19,26H,2-10,17-18,20H2,1H3,(H,28,30). The van der Waals surface area contributed by atoms with Crippen molar-refractivity contribution >= 4 is 5.91 Å². The van der Waals surface area contributed by atoms with Crippen LogP contribution in [0.15, 0.2) is 42.5 Å². The number of benzene rings is 2. The molecular formula is C27H36N2O. The Hall–Kier alpha value is -2.13. The number of aryl methyl sites for hydroxylation is 2. The second-order valence-corrected chi connectivity index (χ2v) is 9.06. The molecule has 1 heterocycles. The lowest BCUT2D eigenvalue weighted by Crippen LogP contribution is -2.28. The van der Waals surface area contributed by atoms with Crippen molar-refractivity contribution in [3.63, 3.8) is 0 Å². The van der Waals surface area contributed by atoms with E-state index in [1.165, 1.54) is 86.7 Å². The highest BCUT2D eigenvalue weighted by Crippen LogP contribution is 2.26. The van der Waals surface area contributed by atoms with Crippen LogP contribution in [0.4, 0.5) is 0 Å². The SMILES string of the molecule is CCC(NC(=O)c1ccc(CN2CCCCCC2)cc1)c1ccc2c(c1)CCCC2. The van der Waals surface area contributed by atoms with Crippen molar-refractivity contribution in [3.05, 3.63) is 70.3 Å². The number of fused-ring (bicyclic) bond motifs is 1. The van der Waals surface area contributed by atoms with Gasteiger partial charge in [0.05, 0.1) is 6.04 Å². The number of hydrogen-bond donors (Lipinski definition) is 1. The van der Waals surface area contributed by atoms with Crippen molar-refractivity contribution in [1.82, 2.24) is 10.2 Å². The van der Waals surface area contributed by atoms with E-state index in [0.717, 1.165) is 18.5 Å². The van der Waals surface area contributed by atoms with E-state index in [1.54, 1.807) is 0 Å². The highest BCUT2D eigenvalue weighted by molar-refractivity contribution is 5.94. The molecule has 0 radical (unpaired) electrons. The first-order chi connectivity index (χ1) is 14.7. The summed E-state index contributed by atoms with van der Waals surface area (Å²) in [7, 11) is 0.